The summed E-state index contributed by atoms with van der Waals surface area (Å²) < 4.78 is 10.4. The van der Waals surface area contributed by atoms with Gasteiger partial charge < -0.3 is 25.0 Å². The van der Waals surface area contributed by atoms with E-state index in [4.69, 9.17) is 15.2 Å². The zero-order valence-electron chi connectivity index (χ0n) is 13.6. The Hall–Kier alpha value is -2.28. The third-order valence-corrected chi connectivity index (χ3v) is 3.88. The van der Waals surface area contributed by atoms with Gasteiger partial charge in [0.25, 0.3) is 5.91 Å². The molecule has 0 aliphatic carbocycles. The highest BCUT2D eigenvalue weighted by atomic mass is 16.5. The van der Waals surface area contributed by atoms with Gasteiger partial charge in [0.1, 0.15) is 11.5 Å². The van der Waals surface area contributed by atoms with Crippen molar-refractivity contribution in [1.29, 1.82) is 0 Å². The Bertz CT molecular complexity index is 546. The standard InChI is InChI=1S/C16H23N3O4/c1-22-13-9-12(10-14(11-13)23-2)16(21)19-7-5-18(6-8-19)15(20)3-4-17/h9-11H,3-8,17H2,1-2H3. The highest BCUT2D eigenvalue weighted by Crippen LogP contribution is 2.23. The fourth-order valence-electron chi connectivity index (χ4n) is 2.55. The lowest BCUT2D eigenvalue weighted by atomic mass is 10.1. The van der Waals surface area contributed by atoms with Crippen LogP contribution in [0.25, 0.3) is 0 Å². The molecule has 2 amide bonds. The molecule has 0 bridgehead atoms. The molecule has 126 valence electrons. The maximum absolute atomic E-state index is 12.6. The second-order valence-electron chi connectivity index (χ2n) is 5.31. The summed E-state index contributed by atoms with van der Waals surface area (Å²) in [7, 11) is 3.09. The number of hydrogen-bond donors (Lipinski definition) is 1. The van der Waals surface area contributed by atoms with Crippen molar-refractivity contribution in [2.45, 2.75) is 6.42 Å². The van der Waals surface area contributed by atoms with E-state index in [0.29, 0.717) is 56.2 Å². The molecule has 1 aliphatic rings. The van der Waals surface area contributed by atoms with Gasteiger partial charge in [-0.15, -0.1) is 0 Å². The lowest BCUT2D eigenvalue weighted by molar-refractivity contribution is -0.132. The van der Waals surface area contributed by atoms with Crippen LogP contribution in [-0.4, -0.2) is 68.6 Å². The third kappa shape index (κ3) is 4.13. The van der Waals surface area contributed by atoms with Crippen molar-refractivity contribution >= 4 is 11.8 Å². The normalized spacial score (nSPS) is 14.6. The summed E-state index contributed by atoms with van der Waals surface area (Å²) in [6.07, 6.45) is 0.348. The zero-order chi connectivity index (χ0) is 16.8. The first-order valence-electron chi connectivity index (χ1n) is 7.59. The van der Waals surface area contributed by atoms with Crippen LogP contribution in [0.15, 0.2) is 18.2 Å². The van der Waals surface area contributed by atoms with Crippen LogP contribution < -0.4 is 15.2 Å². The van der Waals surface area contributed by atoms with Crippen LogP contribution in [0.3, 0.4) is 0 Å². The molecule has 7 nitrogen and oxygen atoms in total. The molecule has 1 aromatic rings. The van der Waals surface area contributed by atoms with E-state index >= 15 is 0 Å². The summed E-state index contributed by atoms with van der Waals surface area (Å²) in [4.78, 5) is 27.9. The summed E-state index contributed by atoms with van der Waals surface area (Å²) in [6, 6.07) is 5.10. The Morgan fingerprint density at radius 3 is 2.00 bits per heavy atom. The second-order valence-corrected chi connectivity index (χ2v) is 5.31. The van der Waals surface area contributed by atoms with Gasteiger partial charge in [0.15, 0.2) is 0 Å². The number of rotatable bonds is 5. The largest absolute Gasteiger partial charge is 0.497 e. The Morgan fingerprint density at radius 2 is 1.52 bits per heavy atom. The van der Waals surface area contributed by atoms with Gasteiger partial charge >= 0.3 is 0 Å². The summed E-state index contributed by atoms with van der Waals surface area (Å²) in [5.41, 5.74) is 5.92. The van der Waals surface area contributed by atoms with Crippen molar-refractivity contribution in [1.82, 2.24) is 9.80 Å². The summed E-state index contributed by atoms with van der Waals surface area (Å²) >= 11 is 0. The minimum Gasteiger partial charge on any atom is -0.497 e. The third-order valence-electron chi connectivity index (χ3n) is 3.88. The van der Waals surface area contributed by atoms with Crippen LogP contribution in [0, 0.1) is 0 Å². The molecule has 0 aromatic heterocycles. The van der Waals surface area contributed by atoms with E-state index in [1.165, 1.54) is 0 Å². The van der Waals surface area contributed by atoms with Crippen LogP contribution in [0.4, 0.5) is 0 Å². The van der Waals surface area contributed by atoms with Gasteiger partial charge in [0, 0.05) is 50.8 Å². The number of methoxy groups -OCH3 is 2. The molecule has 0 unspecified atom stereocenters. The number of carbonyl (C=O) groups excluding carboxylic acids is 2. The second kappa shape index (κ2) is 7.82. The number of carbonyl (C=O) groups is 2. The quantitative estimate of drug-likeness (QED) is 0.845. The highest BCUT2D eigenvalue weighted by molar-refractivity contribution is 5.95. The van der Waals surface area contributed by atoms with Gasteiger partial charge in [-0.3, -0.25) is 9.59 Å². The summed E-state index contributed by atoms with van der Waals surface area (Å²) in [5.74, 6) is 1.10. The first-order chi connectivity index (χ1) is 11.1. The fourth-order valence-corrected chi connectivity index (χ4v) is 2.55. The molecule has 0 spiro atoms. The maximum atomic E-state index is 12.6. The Labute approximate surface area is 135 Å². The zero-order valence-corrected chi connectivity index (χ0v) is 13.6. The predicted molar refractivity (Wildman–Crippen MR) is 85.7 cm³/mol. The molecule has 0 saturated carbocycles. The molecular weight excluding hydrogens is 298 g/mol. The smallest absolute Gasteiger partial charge is 0.254 e. The van der Waals surface area contributed by atoms with Crippen molar-refractivity contribution in [2.75, 3.05) is 46.9 Å². The SMILES string of the molecule is COc1cc(OC)cc(C(=O)N2CCN(C(=O)CCN)CC2)c1. The monoisotopic (exact) mass is 321 g/mol. The molecule has 0 radical (unpaired) electrons. The van der Waals surface area contributed by atoms with Crippen LogP contribution in [0.1, 0.15) is 16.8 Å². The molecule has 1 aromatic carbocycles. The van der Waals surface area contributed by atoms with E-state index in [1.54, 1.807) is 42.2 Å². The molecule has 2 rings (SSSR count). The van der Waals surface area contributed by atoms with Gasteiger partial charge in [0.05, 0.1) is 14.2 Å². The van der Waals surface area contributed by atoms with Crippen molar-refractivity contribution in [2.24, 2.45) is 5.73 Å². The Balaban J connectivity index is 2.03. The van der Waals surface area contributed by atoms with E-state index in [0.717, 1.165) is 0 Å². The number of nitrogens with zero attached hydrogens (tertiary/aromatic N) is 2. The molecule has 1 heterocycles. The number of benzene rings is 1. The lowest BCUT2D eigenvalue weighted by Crippen LogP contribution is -2.50. The van der Waals surface area contributed by atoms with Crippen LogP contribution >= 0.6 is 0 Å². The highest BCUT2D eigenvalue weighted by Gasteiger charge is 2.25. The van der Waals surface area contributed by atoms with Crippen molar-refractivity contribution in [3.63, 3.8) is 0 Å². The van der Waals surface area contributed by atoms with Crippen LogP contribution in [0.2, 0.25) is 0 Å². The average molecular weight is 321 g/mol. The summed E-state index contributed by atoms with van der Waals surface area (Å²) in [5, 5.41) is 0. The van der Waals surface area contributed by atoms with Gasteiger partial charge in [0.2, 0.25) is 5.91 Å². The van der Waals surface area contributed by atoms with E-state index in [-0.39, 0.29) is 11.8 Å². The van der Waals surface area contributed by atoms with E-state index in [9.17, 15) is 9.59 Å². The minimum absolute atomic E-state index is 0.0441. The Kier molecular flexibility index (Phi) is 5.81. The van der Waals surface area contributed by atoms with Gasteiger partial charge in [-0.25, -0.2) is 0 Å². The first-order valence-corrected chi connectivity index (χ1v) is 7.59. The van der Waals surface area contributed by atoms with Gasteiger partial charge in [-0.2, -0.15) is 0 Å². The topological polar surface area (TPSA) is 85.1 Å². The number of ether oxygens (including phenoxy) is 2. The fraction of sp³-hybridized carbons (Fsp3) is 0.500. The Morgan fingerprint density at radius 1 is 1.00 bits per heavy atom. The van der Waals surface area contributed by atoms with E-state index < -0.39 is 0 Å². The minimum atomic E-state index is -0.0897. The van der Waals surface area contributed by atoms with E-state index in [1.807, 2.05) is 0 Å². The average Bonchev–Trinajstić information content (AvgIpc) is 2.60. The lowest BCUT2D eigenvalue weighted by Gasteiger charge is -2.35. The van der Waals surface area contributed by atoms with Crippen molar-refractivity contribution in [3.05, 3.63) is 23.8 Å². The van der Waals surface area contributed by atoms with Crippen molar-refractivity contribution in [3.8, 4) is 11.5 Å². The number of amides is 2. The molecular formula is C16H23N3O4. The summed E-state index contributed by atoms with van der Waals surface area (Å²) in [6.45, 7) is 2.43. The van der Waals surface area contributed by atoms with E-state index in [2.05, 4.69) is 0 Å². The maximum Gasteiger partial charge on any atom is 0.254 e. The molecule has 2 N–H and O–H groups in total. The van der Waals surface area contributed by atoms with Gasteiger partial charge in [-0.05, 0) is 12.1 Å². The number of nitrogens with two attached hydrogens (primary N) is 1. The van der Waals surface area contributed by atoms with Gasteiger partial charge in [-0.1, -0.05) is 0 Å². The molecule has 7 heteroatoms. The molecule has 0 atom stereocenters. The van der Waals surface area contributed by atoms with Crippen LogP contribution in [-0.2, 0) is 4.79 Å². The number of hydrogen-bond acceptors (Lipinski definition) is 5. The van der Waals surface area contributed by atoms with Crippen molar-refractivity contribution < 1.29 is 19.1 Å². The van der Waals surface area contributed by atoms with Crippen LogP contribution in [0.5, 0.6) is 11.5 Å². The first kappa shape index (κ1) is 17.1. The molecule has 1 aliphatic heterocycles. The predicted octanol–water partition coefficient (Wildman–Crippen LogP) is 0.337. The molecule has 23 heavy (non-hydrogen) atoms. The number of piperazine rings is 1. The molecule has 1 saturated heterocycles. The molecule has 1 fully saturated rings.